The van der Waals surface area contributed by atoms with Crippen LogP contribution >= 0.6 is 0 Å². The first kappa shape index (κ1) is 27.8. The lowest BCUT2D eigenvalue weighted by atomic mass is 10.0. The smallest absolute Gasteiger partial charge is 0.339 e. The number of nitrogens with one attached hydrogen (secondary N) is 1. The summed E-state index contributed by atoms with van der Waals surface area (Å²) in [5.41, 5.74) is 2.63. The van der Waals surface area contributed by atoms with Crippen molar-refractivity contribution in [1.82, 2.24) is 0 Å². The van der Waals surface area contributed by atoms with Gasteiger partial charge in [-0.3, -0.25) is 8.51 Å². The molecule has 0 spiro atoms. The molecule has 0 fully saturated rings. The topological polar surface area (TPSA) is 117 Å². The van der Waals surface area contributed by atoms with Crippen LogP contribution in [0.2, 0.25) is 0 Å². The number of ether oxygens (including phenoxy) is 3. The predicted octanol–water partition coefficient (Wildman–Crippen LogP) is 4.96. The van der Waals surface area contributed by atoms with Gasteiger partial charge in [-0.25, -0.2) is 9.59 Å². The molecule has 0 amide bonds. The first-order chi connectivity index (χ1) is 18.9. The minimum absolute atomic E-state index is 0.356. The minimum atomic E-state index is -2.68. The molecule has 0 saturated heterocycles. The van der Waals surface area contributed by atoms with Gasteiger partial charge < -0.3 is 24.1 Å². The van der Waals surface area contributed by atoms with Crippen molar-refractivity contribution >= 4 is 51.0 Å². The fourth-order valence-electron chi connectivity index (χ4n) is 4.35. The molecule has 0 aliphatic rings. The van der Waals surface area contributed by atoms with Crippen molar-refractivity contribution in [2.75, 3.05) is 31.0 Å². The first-order valence-corrected chi connectivity index (χ1v) is 12.9. The Kier molecular flexibility index (Phi) is 8.92. The molecule has 0 aliphatic carbocycles. The molecule has 4 aromatic carbocycles. The van der Waals surface area contributed by atoms with Crippen molar-refractivity contribution in [1.29, 1.82) is 0 Å². The Morgan fingerprint density at radius 2 is 1.38 bits per heavy atom. The fourth-order valence-corrected chi connectivity index (χ4v) is 4.96. The summed E-state index contributed by atoms with van der Waals surface area (Å²) < 4.78 is 41.2. The van der Waals surface area contributed by atoms with Crippen LogP contribution in [0.25, 0.3) is 10.8 Å². The number of carbonyl (C=O) groups is 2. The number of anilines is 3. The lowest BCUT2D eigenvalue weighted by Gasteiger charge is -2.29. The number of methoxy groups -OCH3 is 3. The van der Waals surface area contributed by atoms with E-state index >= 15 is 0 Å². The quantitative estimate of drug-likeness (QED) is 0.219. The van der Waals surface area contributed by atoms with Gasteiger partial charge in [0.05, 0.1) is 36.9 Å². The van der Waals surface area contributed by atoms with E-state index in [9.17, 15) is 18.4 Å². The predicted molar refractivity (Wildman–Crippen MR) is 148 cm³/mol. The van der Waals surface area contributed by atoms with Gasteiger partial charge in [0, 0.05) is 23.6 Å². The Labute approximate surface area is 228 Å². The number of nitrogens with zero attached hydrogens (tertiary/aromatic N) is 1. The van der Waals surface area contributed by atoms with Gasteiger partial charge in [0.25, 0.3) is 0 Å². The van der Waals surface area contributed by atoms with Gasteiger partial charge in [0.2, 0.25) is 0 Å². The number of esters is 2. The average molecular weight is 548 g/mol. The Hall–Kier alpha value is -4.25. The second kappa shape index (κ2) is 12.5. The number of hydrogen-bond acceptors (Lipinski definition) is 8. The highest BCUT2D eigenvalue weighted by molar-refractivity contribution is 7.81. The summed E-state index contributed by atoms with van der Waals surface area (Å²) in [6, 6.07) is 25.5. The van der Waals surface area contributed by atoms with Gasteiger partial charge in [-0.05, 0) is 35.4 Å². The summed E-state index contributed by atoms with van der Waals surface area (Å²) in [6.07, 6.45) is -0.936. The largest absolute Gasteiger partial charge is 0.755 e. The second-order valence-electron chi connectivity index (χ2n) is 8.43. The van der Waals surface area contributed by atoms with Crippen molar-refractivity contribution in [3.8, 4) is 0 Å². The molecule has 39 heavy (non-hydrogen) atoms. The molecule has 0 bridgehead atoms. The van der Waals surface area contributed by atoms with E-state index in [-0.39, 0.29) is 0 Å². The lowest BCUT2D eigenvalue weighted by Crippen LogP contribution is -2.23. The van der Waals surface area contributed by atoms with E-state index in [1.807, 2.05) is 42.5 Å². The minimum Gasteiger partial charge on any atom is -0.755 e. The number of fused-ring (bicyclic) bond motifs is 1. The third-order valence-corrected chi connectivity index (χ3v) is 6.93. The van der Waals surface area contributed by atoms with Gasteiger partial charge in [0.15, 0.2) is 12.1 Å². The van der Waals surface area contributed by atoms with Crippen LogP contribution in [-0.4, -0.2) is 42.0 Å². The normalized spacial score (nSPS) is 13.2. The molecule has 0 heterocycles. The molecule has 0 aliphatic heterocycles. The zero-order valence-corrected chi connectivity index (χ0v) is 22.3. The molecule has 1 unspecified atom stereocenters. The monoisotopic (exact) mass is 547 g/mol. The Balaban J connectivity index is 1.75. The number of rotatable bonds is 10. The van der Waals surface area contributed by atoms with Crippen LogP contribution in [0.15, 0.2) is 91.0 Å². The van der Waals surface area contributed by atoms with E-state index in [4.69, 9.17) is 14.2 Å². The summed E-state index contributed by atoms with van der Waals surface area (Å²) in [5.74, 6) is -1.03. The summed E-state index contributed by atoms with van der Waals surface area (Å²) in [6.45, 7) is 0. The zero-order chi connectivity index (χ0) is 27.9. The fraction of sp³-hybridized carbons (Fsp3) is 0.172. The van der Waals surface area contributed by atoms with Crippen molar-refractivity contribution in [3.63, 3.8) is 0 Å². The summed E-state index contributed by atoms with van der Waals surface area (Å²) in [5, 5.41) is 4.60. The molecule has 0 aromatic heterocycles. The van der Waals surface area contributed by atoms with E-state index in [0.717, 1.165) is 9.87 Å². The summed E-state index contributed by atoms with van der Waals surface area (Å²) in [7, 11) is 3.98. The highest BCUT2D eigenvalue weighted by Gasteiger charge is 2.24. The van der Waals surface area contributed by atoms with E-state index in [1.165, 1.54) is 21.3 Å². The van der Waals surface area contributed by atoms with Crippen LogP contribution in [0.3, 0.4) is 0 Å². The Morgan fingerprint density at radius 1 is 0.769 bits per heavy atom. The van der Waals surface area contributed by atoms with Gasteiger partial charge >= 0.3 is 11.9 Å². The van der Waals surface area contributed by atoms with E-state index < -0.39 is 35.4 Å². The second-order valence-corrected chi connectivity index (χ2v) is 9.23. The summed E-state index contributed by atoms with van der Waals surface area (Å²) >= 11 is -2.68. The molecule has 4 aromatic rings. The maximum atomic E-state index is 12.6. The van der Waals surface area contributed by atoms with Crippen LogP contribution in [0.1, 0.15) is 23.3 Å². The zero-order valence-electron chi connectivity index (χ0n) is 21.5. The molecule has 9 nitrogen and oxygen atoms in total. The number of carbonyl (C=O) groups excluding carboxylic acids is 2. The molecule has 0 radical (unpaired) electrons. The molecular weight excluding hydrogens is 520 g/mol. The lowest BCUT2D eigenvalue weighted by molar-refractivity contribution is -0.152. The maximum absolute atomic E-state index is 12.6. The number of benzene rings is 4. The molecule has 202 valence electrons. The van der Waals surface area contributed by atoms with Crippen molar-refractivity contribution < 1.29 is 32.6 Å². The SMILES string of the molecule is COC(=O)[C@@H](Nc1ccc(N(c2ccc([C@H](OC)C(=O)OC)cc2)S(=O)[O-])c2ccccc12)c1ccccc1. The molecule has 3 atom stereocenters. The molecule has 4 rings (SSSR count). The highest BCUT2D eigenvalue weighted by Crippen LogP contribution is 2.38. The van der Waals surface area contributed by atoms with Crippen LogP contribution < -0.4 is 9.62 Å². The van der Waals surface area contributed by atoms with Crippen LogP contribution in [0.5, 0.6) is 0 Å². The molecular formula is C29H27N2O7S-. The molecule has 1 N–H and O–H groups in total. The van der Waals surface area contributed by atoms with Gasteiger partial charge in [-0.2, -0.15) is 0 Å². The van der Waals surface area contributed by atoms with Gasteiger partial charge in [0.1, 0.15) is 0 Å². The van der Waals surface area contributed by atoms with Crippen LogP contribution in [0, 0.1) is 0 Å². The highest BCUT2D eigenvalue weighted by atomic mass is 32.2. The van der Waals surface area contributed by atoms with Gasteiger partial charge in [-0.1, -0.05) is 66.7 Å². The molecule has 10 heteroatoms. The van der Waals surface area contributed by atoms with Gasteiger partial charge in [-0.15, -0.1) is 0 Å². The van der Waals surface area contributed by atoms with Crippen molar-refractivity contribution in [3.05, 3.63) is 102 Å². The van der Waals surface area contributed by atoms with Crippen molar-refractivity contribution in [2.45, 2.75) is 12.1 Å². The molecule has 0 saturated carbocycles. The van der Waals surface area contributed by atoms with Crippen molar-refractivity contribution in [2.24, 2.45) is 0 Å². The van der Waals surface area contributed by atoms with Crippen LogP contribution in [0.4, 0.5) is 17.1 Å². The Morgan fingerprint density at radius 3 is 1.97 bits per heavy atom. The standard InChI is InChI=1S/C29H28N2O7S/c1-36-27(29(33)38-3)20-13-15-21(16-14-20)31(39(34)35)25-18-17-24(22-11-7-8-12-23(22)25)30-26(28(32)37-2)19-9-5-4-6-10-19/h4-18,26-27,30H,1-3H3,(H,34,35)/p-1/t26-,27-/m0/s1. The average Bonchev–Trinajstić information content (AvgIpc) is 2.97. The number of hydrogen-bond donors (Lipinski definition) is 1. The third kappa shape index (κ3) is 5.93. The Bertz CT molecular complexity index is 1480. The third-order valence-electron chi connectivity index (χ3n) is 6.22. The van der Waals surface area contributed by atoms with E-state index in [2.05, 4.69) is 5.32 Å². The van der Waals surface area contributed by atoms with E-state index in [0.29, 0.717) is 33.4 Å². The maximum Gasteiger partial charge on any atom is 0.339 e. The summed E-state index contributed by atoms with van der Waals surface area (Å²) in [4.78, 5) is 24.7. The van der Waals surface area contributed by atoms with E-state index in [1.54, 1.807) is 48.5 Å². The van der Waals surface area contributed by atoms with Crippen LogP contribution in [-0.2, 0) is 35.1 Å². The first-order valence-electron chi connectivity index (χ1n) is 11.9.